The number of phenolic OH excluding ortho intramolecular Hbond substituents is 1. The lowest BCUT2D eigenvalue weighted by Crippen LogP contribution is -2.34. The van der Waals surface area contributed by atoms with Crippen molar-refractivity contribution in [2.75, 3.05) is 6.54 Å². The van der Waals surface area contributed by atoms with Crippen LogP contribution in [0.15, 0.2) is 54.9 Å². The molecule has 0 spiro atoms. The summed E-state index contributed by atoms with van der Waals surface area (Å²) >= 11 is 0. The number of rotatable bonds is 9. The molecule has 1 N–H and O–H groups in total. The van der Waals surface area contributed by atoms with E-state index in [1.807, 2.05) is 24.4 Å². The van der Waals surface area contributed by atoms with Gasteiger partial charge in [-0.2, -0.15) is 0 Å². The summed E-state index contributed by atoms with van der Waals surface area (Å²) in [5.41, 5.74) is 7.60. The summed E-state index contributed by atoms with van der Waals surface area (Å²) < 4.78 is 0. The highest BCUT2D eigenvalue weighted by molar-refractivity contribution is 5.65. The number of aromatic hydroxyl groups is 1. The van der Waals surface area contributed by atoms with Crippen molar-refractivity contribution < 1.29 is 5.11 Å². The van der Waals surface area contributed by atoms with Gasteiger partial charge < -0.3 is 10.0 Å². The van der Waals surface area contributed by atoms with Gasteiger partial charge in [0.15, 0.2) is 0 Å². The number of nitrogens with zero attached hydrogens (tertiary/aromatic N) is 2. The summed E-state index contributed by atoms with van der Waals surface area (Å²) in [4.78, 5) is 6.92. The summed E-state index contributed by atoms with van der Waals surface area (Å²) in [5.74, 6) is 0.331. The molecule has 0 bridgehead atoms. The zero-order valence-corrected chi connectivity index (χ0v) is 16.2. The molecule has 0 fully saturated rings. The van der Waals surface area contributed by atoms with Crippen molar-refractivity contribution in [1.82, 2.24) is 9.88 Å². The van der Waals surface area contributed by atoms with Gasteiger partial charge >= 0.3 is 0 Å². The number of phenols is 1. The summed E-state index contributed by atoms with van der Waals surface area (Å²) in [5, 5.41) is 9.68. The third-order valence-electron chi connectivity index (χ3n) is 4.86. The van der Waals surface area contributed by atoms with E-state index in [1.54, 1.807) is 6.07 Å². The first-order chi connectivity index (χ1) is 12.6. The molecule has 0 aliphatic carbocycles. The van der Waals surface area contributed by atoms with Gasteiger partial charge in [0, 0.05) is 30.0 Å². The van der Waals surface area contributed by atoms with Crippen LogP contribution in [0.2, 0.25) is 0 Å². The Morgan fingerprint density at radius 2 is 2.04 bits per heavy atom. The molecule has 2 rings (SSSR count). The standard InChI is InChI=1S/C23H30N2O/c1-5-19(15-14-18-11-9-12-20(26)17-18)25(8-4)23(7-3)21-13-10-16-24-22(21)6-2/h9-13,16-17,19,26H,3,5-6,8,14-15H2,1-2,4H3. The van der Waals surface area contributed by atoms with E-state index in [4.69, 9.17) is 0 Å². The van der Waals surface area contributed by atoms with Crippen molar-refractivity contribution >= 4 is 5.70 Å². The van der Waals surface area contributed by atoms with Crippen LogP contribution in [0.4, 0.5) is 0 Å². The van der Waals surface area contributed by atoms with Crippen LogP contribution >= 0.6 is 0 Å². The van der Waals surface area contributed by atoms with Crippen LogP contribution in [0.25, 0.3) is 5.70 Å². The maximum absolute atomic E-state index is 9.68. The third kappa shape index (κ3) is 4.77. The van der Waals surface area contributed by atoms with E-state index in [9.17, 15) is 5.11 Å². The van der Waals surface area contributed by atoms with Gasteiger partial charge in [0.2, 0.25) is 0 Å². The predicted molar refractivity (Wildman–Crippen MR) is 109 cm³/mol. The fourth-order valence-electron chi connectivity index (χ4n) is 3.51. The predicted octanol–water partition coefficient (Wildman–Crippen LogP) is 5.21. The Bertz CT molecular complexity index is 762. The second-order valence-corrected chi connectivity index (χ2v) is 6.43. The first-order valence-electron chi connectivity index (χ1n) is 9.53. The quantitative estimate of drug-likeness (QED) is 0.631. The highest BCUT2D eigenvalue weighted by atomic mass is 16.3. The fourth-order valence-corrected chi connectivity index (χ4v) is 3.51. The van der Waals surface area contributed by atoms with E-state index in [2.05, 4.69) is 55.1 Å². The Hall–Kier alpha value is -2.51. The number of benzene rings is 1. The normalized spacial score (nSPS) is 11.7. The van der Waals surface area contributed by atoms with Gasteiger partial charge in [-0.1, -0.05) is 32.6 Å². The van der Waals surface area contributed by atoms with Crippen molar-refractivity contribution in [1.29, 1.82) is 0 Å². The maximum Gasteiger partial charge on any atom is 0.115 e. The Morgan fingerprint density at radius 1 is 1.23 bits per heavy atom. The summed E-state index contributed by atoms with van der Waals surface area (Å²) in [6, 6.07) is 12.0. The van der Waals surface area contributed by atoms with Crippen LogP contribution in [-0.2, 0) is 12.8 Å². The molecule has 0 saturated carbocycles. The molecule has 26 heavy (non-hydrogen) atoms. The molecule has 2 aromatic rings. The molecular weight excluding hydrogens is 320 g/mol. The third-order valence-corrected chi connectivity index (χ3v) is 4.86. The van der Waals surface area contributed by atoms with Gasteiger partial charge in [-0.3, -0.25) is 4.98 Å². The molecule has 3 heteroatoms. The Labute approximate surface area is 157 Å². The second-order valence-electron chi connectivity index (χ2n) is 6.43. The maximum atomic E-state index is 9.68. The van der Waals surface area contributed by atoms with Crippen molar-refractivity contribution in [2.24, 2.45) is 0 Å². The minimum Gasteiger partial charge on any atom is -0.508 e. The van der Waals surface area contributed by atoms with E-state index in [1.165, 1.54) is 5.56 Å². The lowest BCUT2D eigenvalue weighted by atomic mass is 9.99. The zero-order chi connectivity index (χ0) is 18.9. The molecular formula is C23H30N2O. The minimum atomic E-state index is 0.331. The summed E-state index contributed by atoms with van der Waals surface area (Å²) in [6.45, 7) is 11.4. The first-order valence-corrected chi connectivity index (χ1v) is 9.53. The van der Waals surface area contributed by atoms with Gasteiger partial charge in [-0.25, -0.2) is 0 Å². The van der Waals surface area contributed by atoms with Crippen LogP contribution in [-0.4, -0.2) is 27.6 Å². The topological polar surface area (TPSA) is 36.4 Å². The molecule has 0 aliphatic heterocycles. The first kappa shape index (κ1) is 19.8. The van der Waals surface area contributed by atoms with E-state index in [-0.39, 0.29) is 0 Å². The minimum absolute atomic E-state index is 0.331. The smallest absolute Gasteiger partial charge is 0.115 e. The van der Waals surface area contributed by atoms with Crippen LogP contribution in [0.5, 0.6) is 5.75 Å². The molecule has 1 unspecified atom stereocenters. The van der Waals surface area contributed by atoms with Gasteiger partial charge in [0.1, 0.15) is 5.75 Å². The second kappa shape index (κ2) is 9.84. The number of pyridine rings is 1. The Balaban J connectivity index is 2.23. The van der Waals surface area contributed by atoms with E-state index >= 15 is 0 Å². The molecule has 0 aliphatic rings. The molecule has 1 atom stereocenters. The highest BCUT2D eigenvalue weighted by Gasteiger charge is 2.21. The average molecular weight is 351 g/mol. The van der Waals surface area contributed by atoms with Crippen LogP contribution < -0.4 is 0 Å². The van der Waals surface area contributed by atoms with Crippen molar-refractivity contribution in [3.63, 3.8) is 0 Å². The van der Waals surface area contributed by atoms with Gasteiger partial charge in [-0.05, 0) is 62.4 Å². The van der Waals surface area contributed by atoms with Gasteiger partial charge in [0.25, 0.3) is 0 Å². The number of aryl methyl sites for hydroxylation is 2. The molecule has 1 heterocycles. The van der Waals surface area contributed by atoms with Gasteiger partial charge in [-0.15, -0.1) is 5.73 Å². The van der Waals surface area contributed by atoms with E-state index in [0.717, 1.165) is 49.2 Å². The van der Waals surface area contributed by atoms with Crippen LogP contribution in [0.3, 0.4) is 0 Å². The largest absolute Gasteiger partial charge is 0.508 e. The summed E-state index contributed by atoms with van der Waals surface area (Å²) in [6.07, 6.45) is 5.72. The van der Waals surface area contributed by atoms with E-state index < -0.39 is 0 Å². The molecule has 1 aromatic heterocycles. The lowest BCUT2D eigenvalue weighted by Gasteiger charge is -2.34. The molecule has 0 amide bonds. The lowest BCUT2D eigenvalue weighted by molar-refractivity contribution is 0.283. The van der Waals surface area contributed by atoms with Crippen molar-refractivity contribution in [3.8, 4) is 5.75 Å². The zero-order valence-electron chi connectivity index (χ0n) is 16.2. The summed E-state index contributed by atoms with van der Waals surface area (Å²) in [7, 11) is 0. The van der Waals surface area contributed by atoms with Crippen molar-refractivity contribution in [3.05, 3.63) is 71.7 Å². The SMILES string of the molecule is C=C=C(c1cccnc1CC)N(CC)C(CC)CCc1cccc(O)c1. The monoisotopic (exact) mass is 350 g/mol. The number of aromatic nitrogens is 1. The fraction of sp³-hybridized carbons (Fsp3) is 0.391. The Morgan fingerprint density at radius 3 is 2.65 bits per heavy atom. The molecule has 138 valence electrons. The molecule has 0 radical (unpaired) electrons. The molecule has 3 nitrogen and oxygen atoms in total. The number of hydrogen-bond donors (Lipinski definition) is 1. The van der Waals surface area contributed by atoms with Gasteiger partial charge in [0.05, 0.1) is 5.70 Å². The van der Waals surface area contributed by atoms with Crippen molar-refractivity contribution in [2.45, 2.75) is 52.5 Å². The van der Waals surface area contributed by atoms with Crippen LogP contribution in [0, 0.1) is 0 Å². The molecule has 1 aromatic carbocycles. The molecule has 0 saturated heterocycles. The number of hydrogen-bond acceptors (Lipinski definition) is 3. The Kier molecular flexibility index (Phi) is 7.50. The highest BCUT2D eigenvalue weighted by Crippen LogP contribution is 2.26. The van der Waals surface area contributed by atoms with Crippen LogP contribution in [0.1, 0.15) is 50.4 Å². The van der Waals surface area contributed by atoms with E-state index in [0.29, 0.717) is 11.8 Å². The average Bonchev–Trinajstić information content (AvgIpc) is 2.67.